The minimum Gasteiger partial charge on any atom is -0.506 e. The van der Waals surface area contributed by atoms with Crippen molar-refractivity contribution in [2.45, 2.75) is 80.8 Å². The first kappa shape index (κ1) is 34.0. The molecule has 0 aromatic heterocycles. The van der Waals surface area contributed by atoms with Crippen molar-refractivity contribution in [3.63, 3.8) is 0 Å². The summed E-state index contributed by atoms with van der Waals surface area (Å²) < 4.78 is 0. The molecule has 6 heteroatoms. The molecule has 0 radical (unpaired) electrons. The van der Waals surface area contributed by atoms with E-state index in [4.69, 9.17) is 0 Å². The van der Waals surface area contributed by atoms with Gasteiger partial charge in [0.15, 0.2) is 0 Å². The quantitative estimate of drug-likeness (QED) is 0.119. The zero-order valence-electron chi connectivity index (χ0n) is 27.9. The van der Waals surface area contributed by atoms with Gasteiger partial charge in [0.2, 0.25) is 0 Å². The zero-order chi connectivity index (χ0) is 33.3. The fraction of sp³-hybridized carbons (Fsp3) is 0.316. The predicted octanol–water partition coefficient (Wildman–Crippen LogP) is 7.62. The topological polar surface area (TPSA) is 80.9 Å². The SMILES string of the molecule is Cc1cc(C#Cc2c(O)c(C)c(C)c(O)c2C#C[Si](C)(C)C)c(C#Cc2c(O)c(C)c(C)c(O)c2C#C[Si](C)(C)C)cc1C. The van der Waals surface area contributed by atoms with Crippen molar-refractivity contribution in [1.29, 1.82) is 0 Å². The molecule has 0 spiro atoms. The highest BCUT2D eigenvalue weighted by Gasteiger charge is 2.20. The Labute approximate surface area is 265 Å². The molecule has 3 aromatic carbocycles. The second-order valence-corrected chi connectivity index (χ2v) is 22.9. The van der Waals surface area contributed by atoms with Crippen molar-refractivity contribution in [2.24, 2.45) is 0 Å². The van der Waals surface area contributed by atoms with Gasteiger partial charge in [0, 0.05) is 11.1 Å². The van der Waals surface area contributed by atoms with Gasteiger partial charge < -0.3 is 20.4 Å². The van der Waals surface area contributed by atoms with E-state index in [1.54, 1.807) is 27.7 Å². The van der Waals surface area contributed by atoms with E-state index < -0.39 is 16.1 Å². The average Bonchev–Trinajstić information content (AvgIpc) is 2.92. The lowest BCUT2D eigenvalue weighted by Gasteiger charge is -2.13. The molecule has 0 aliphatic heterocycles. The summed E-state index contributed by atoms with van der Waals surface area (Å²) >= 11 is 0. The number of aromatic hydroxyl groups is 4. The van der Waals surface area contributed by atoms with Crippen LogP contribution in [0.4, 0.5) is 0 Å². The second kappa shape index (κ2) is 12.6. The summed E-state index contributed by atoms with van der Waals surface area (Å²) in [6.07, 6.45) is 0. The summed E-state index contributed by atoms with van der Waals surface area (Å²) in [6, 6.07) is 3.86. The Morgan fingerprint density at radius 1 is 0.409 bits per heavy atom. The maximum Gasteiger partial charge on any atom is 0.135 e. The van der Waals surface area contributed by atoms with Crippen LogP contribution in [0.3, 0.4) is 0 Å². The lowest BCUT2D eigenvalue weighted by atomic mass is 9.95. The van der Waals surface area contributed by atoms with Crippen LogP contribution in [-0.2, 0) is 0 Å². The van der Waals surface area contributed by atoms with Crippen molar-refractivity contribution >= 4 is 16.1 Å². The number of hydrogen-bond acceptors (Lipinski definition) is 4. The Kier molecular flexibility index (Phi) is 9.78. The zero-order valence-corrected chi connectivity index (χ0v) is 29.9. The van der Waals surface area contributed by atoms with Gasteiger partial charge in [0.1, 0.15) is 39.1 Å². The highest BCUT2D eigenvalue weighted by atomic mass is 28.3. The largest absolute Gasteiger partial charge is 0.506 e. The molecule has 3 aromatic rings. The molecular formula is C38H42O4Si2. The van der Waals surface area contributed by atoms with Crippen LogP contribution in [0.2, 0.25) is 39.3 Å². The molecule has 3 rings (SSSR count). The van der Waals surface area contributed by atoms with Crippen LogP contribution >= 0.6 is 0 Å². The van der Waals surface area contributed by atoms with Crippen molar-refractivity contribution in [1.82, 2.24) is 0 Å². The average molecular weight is 619 g/mol. The first-order valence-corrected chi connectivity index (χ1v) is 21.5. The van der Waals surface area contributed by atoms with Crippen molar-refractivity contribution in [3.05, 3.63) is 78.9 Å². The highest BCUT2D eigenvalue weighted by Crippen LogP contribution is 2.37. The highest BCUT2D eigenvalue weighted by molar-refractivity contribution is 6.84. The van der Waals surface area contributed by atoms with Crippen LogP contribution < -0.4 is 0 Å². The summed E-state index contributed by atoms with van der Waals surface area (Å²) in [7, 11) is -3.58. The molecule has 0 atom stereocenters. The third-order valence-corrected chi connectivity index (χ3v) is 9.15. The van der Waals surface area contributed by atoms with E-state index in [9.17, 15) is 20.4 Å². The molecule has 226 valence electrons. The van der Waals surface area contributed by atoms with Gasteiger partial charge in [0.25, 0.3) is 0 Å². The summed E-state index contributed by atoms with van der Waals surface area (Å²) in [5, 5.41) is 44.2. The van der Waals surface area contributed by atoms with E-state index in [1.165, 1.54) is 0 Å². The number of benzene rings is 3. The summed E-state index contributed by atoms with van der Waals surface area (Å²) in [6.45, 7) is 23.6. The van der Waals surface area contributed by atoms with E-state index in [-0.39, 0.29) is 34.1 Å². The third kappa shape index (κ3) is 7.54. The van der Waals surface area contributed by atoms with Gasteiger partial charge in [-0.1, -0.05) is 74.8 Å². The first-order valence-electron chi connectivity index (χ1n) is 14.5. The van der Waals surface area contributed by atoms with Gasteiger partial charge in [-0.2, -0.15) is 0 Å². The fourth-order valence-electron chi connectivity index (χ4n) is 4.20. The molecular weight excluding hydrogens is 577 g/mol. The van der Waals surface area contributed by atoms with Crippen LogP contribution in [-0.4, -0.2) is 36.6 Å². The molecule has 0 unspecified atom stereocenters. The molecule has 0 heterocycles. The molecule has 4 N–H and O–H groups in total. The Balaban J connectivity index is 2.33. The molecule has 44 heavy (non-hydrogen) atoms. The Morgan fingerprint density at radius 2 is 0.659 bits per heavy atom. The monoisotopic (exact) mass is 618 g/mol. The number of phenols is 4. The van der Waals surface area contributed by atoms with Gasteiger partial charge >= 0.3 is 0 Å². The van der Waals surface area contributed by atoms with E-state index >= 15 is 0 Å². The van der Waals surface area contributed by atoms with Gasteiger partial charge in [-0.25, -0.2) is 0 Å². The van der Waals surface area contributed by atoms with E-state index in [0.717, 1.165) is 11.1 Å². The van der Waals surface area contributed by atoms with Crippen molar-refractivity contribution in [3.8, 4) is 69.6 Å². The molecule has 0 bridgehead atoms. The molecule has 0 saturated heterocycles. The third-order valence-electron chi connectivity index (χ3n) is 7.40. The van der Waals surface area contributed by atoms with Crippen LogP contribution in [0.5, 0.6) is 23.0 Å². The maximum absolute atomic E-state index is 11.1. The number of phenolic OH excluding ortho intramolecular Hbond substituents is 4. The van der Waals surface area contributed by atoms with E-state index in [2.05, 4.69) is 85.9 Å². The van der Waals surface area contributed by atoms with Gasteiger partial charge in [-0.15, -0.1) is 11.1 Å². The van der Waals surface area contributed by atoms with Gasteiger partial charge in [0.05, 0.1) is 22.3 Å². The van der Waals surface area contributed by atoms with Gasteiger partial charge in [-0.05, 0) is 87.1 Å². The molecule has 0 saturated carbocycles. The molecule has 4 nitrogen and oxygen atoms in total. The lowest BCUT2D eigenvalue weighted by Crippen LogP contribution is -2.16. The predicted molar refractivity (Wildman–Crippen MR) is 187 cm³/mol. The summed E-state index contributed by atoms with van der Waals surface area (Å²) in [5.74, 6) is 18.8. The number of rotatable bonds is 0. The minimum absolute atomic E-state index is 0.00899. The Hall–Kier alpha value is -4.47. The standard InChI is InChI=1S/C38H42O4Si2/c1-23-21-29(13-15-31-33(17-19-43(7,8)9)37(41)27(5)25(3)35(31)39)30(22-24(23)2)14-16-32-34(18-20-44(10,11)12)38(42)28(6)26(4)36(32)40/h21-22,39-42H,1-12H3. The maximum atomic E-state index is 11.1. The van der Waals surface area contributed by atoms with E-state index in [0.29, 0.717) is 44.5 Å². The lowest BCUT2D eigenvalue weighted by molar-refractivity contribution is 0.450. The smallest absolute Gasteiger partial charge is 0.135 e. The first-order chi connectivity index (χ1) is 20.2. The molecule has 0 aliphatic carbocycles. The number of hydrogen-bond donors (Lipinski definition) is 4. The number of aryl methyl sites for hydroxylation is 2. The molecule has 0 fully saturated rings. The van der Waals surface area contributed by atoms with Crippen LogP contribution in [0.15, 0.2) is 12.1 Å². The van der Waals surface area contributed by atoms with Crippen molar-refractivity contribution in [2.75, 3.05) is 0 Å². The Morgan fingerprint density at radius 3 is 0.909 bits per heavy atom. The fourth-order valence-corrected chi connectivity index (χ4v) is 5.20. The second-order valence-electron chi connectivity index (χ2n) is 13.4. The van der Waals surface area contributed by atoms with Gasteiger partial charge in [-0.3, -0.25) is 0 Å². The van der Waals surface area contributed by atoms with Crippen LogP contribution in [0.1, 0.15) is 66.8 Å². The van der Waals surface area contributed by atoms with Crippen LogP contribution in [0.25, 0.3) is 0 Å². The van der Waals surface area contributed by atoms with Crippen molar-refractivity contribution < 1.29 is 20.4 Å². The molecule has 0 aliphatic rings. The van der Waals surface area contributed by atoms with Crippen LogP contribution in [0, 0.1) is 88.2 Å². The normalized spacial score (nSPS) is 10.8. The van der Waals surface area contributed by atoms with E-state index in [1.807, 2.05) is 26.0 Å². The summed E-state index contributed by atoms with van der Waals surface area (Å²) in [4.78, 5) is 0. The Bertz CT molecular complexity index is 1800. The summed E-state index contributed by atoms with van der Waals surface area (Å²) in [5.41, 5.74) is 13.2. The minimum atomic E-state index is -1.79. The molecule has 0 amide bonds.